The number of hydrogen-bond donors (Lipinski definition) is 1. The molecule has 2 amide bonds. The number of amides is 2. The van der Waals surface area contributed by atoms with Crippen molar-refractivity contribution in [3.05, 3.63) is 71.0 Å². The normalized spacial score (nSPS) is 11.7. The molecule has 0 fully saturated rings. The number of unbranched alkanes of at least 4 members (excludes halogenated alkanes) is 1. The van der Waals surface area contributed by atoms with E-state index < -0.39 is 6.04 Å². The van der Waals surface area contributed by atoms with Crippen molar-refractivity contribution >= 4 is 23.6 Å². The molecule has 0 aliphatic rings. The molecule has 0 aliphatic carbocycles. The molecule has 6 heteroatoms. The van der Waals surface area contributed by atoms with Gasteiger partial charge < -0.3 is 10.2 Å². The van der Waals surface area contributed by atoms with E-state index in [-0.39, 0.29) is 29.9 Å². The quantitative estimate of drug-likeness (QED) is 0.526. The molecule has 1 atom stereocenters. The summed E-state index contributed by atoms with van der Waals surface area (Å²) in [5.74, 6) is 0.421. The van der Waals surface area contributed by atoms with Gasteiger partial charge in [0.25, 0.3) is 0 Å². The van der Waals surface area contributed by atoms with Gasteiger partial charge in [0.1, 0.15) is 11.9 Å². The van der Waals surface area contributed by atoms with Gasteiger partial charge in [-0.1, -0.05) is 55.3 Å². The number of rotatable bonds is 11. The lowest BCUT2D eigenvalue weighted by atomic mass is 10.1. The second-order valence-corrected chi connectivity index (χ2v) is 8.44. The highest BCUT2D eigenvalue weighted by molar-refractivity contribution is 7.99. The van der Waals surface area contributed by atoms with Crippen LogP contribution < -0.4 is 5.32 Å². The first-order valence-corrected chi connectivity index (χ1v) is 11.5. The number of carbonyl (C=O) groups excluding carboxylic acids is 2. The Morgan fingerprint density at radius 1 is 1.13 bits per heavy atom. The van der Waals surface area contributed by atoms with Crippen molar-refractivity contribution in [1.29, 1.82) is 0 Å². The van der Waals surface area contributed by atoms with Gasteiger partial charge in [0.05, 0.1) is 5.75 Å². The van der Waals surface area contributed by atoms with Gasteiger partial charge in [0.2, 0.25) is 11.8 Å². The topological polar surface area (TPSA) is 49.4 Å². The molecule has 2 rings (SSSR count). The van der Waals surface area contributed by atoms with Gasteiger partial charge in [0.15, 0.2) is 0 Å². The zero-order valence-corrected chi connectivity index (χ0v) is 18.8. The summed E-state index contributed by atoms with van der Waals surface area (Å²) in [4.78, 5) is 27.1. The fourth-order valence-electron chi connectivity index (χ4n) is 3.05. The smallest absolute Gasteiger partial charge is 0.242 e. The van der Waals surface area contributed by atoms with Crippen LogP contribution >= 0.6 is 11.8 Å². The first kappa shape index (κ1) is 23.9. The summed E-state index contributed by atoms with van der Waals surface area (Å²) >= 11 is 1.53. The fraction of sp³-hybridized carbons (Fsp3) is 0.417. The number of thioether (sulfide) groups is 1. The highest BCUT2D eigenvalue weighted by Crippen LogP contribution is 2.17. The Balaban J connectivity index is 2.03. The van der Waals surface area contributed by atoms with Gasteiger partial charge in [-0.15, -0.1) is 11.8 Å². The zero-order valence-electron chi connectivity index (χ0n) is 18.0. The van der Waals surface area contributed by atoms with Crippen molar-refractivity contribution < 1.29 is 14.0 Å². The molecule has 30 heavy (non-hydrogen) atoms. The third kappa shape index (κ3) is 7.82. The van der Waals surface area contributed by atoms with Gasteiger partial charge >= 0.3 is 0 Å². The SMILES string of the molecule is CCCCNC(=O)C(C)N(Cc1ccc(F)cc1)C(=O)CSCc1cccc(C)c1. The van der Waals surface area contributed by atoms with E-state index in [4.69, 9.17) is 0 Å². The molecule has 2 aromatic carbocycles. The van der Waals surface area contributed by atoms with Crippen LogP contribution in [0.15, 0.2) is 48.5 Å². The van der Waals surface area contributed by atoms with E-state index in [0.29, 0.717) is 6.54 Å². The molecule has 2 aromatic rings. The van der Waals surface area contributed by atoms with E-state index in [1.165, 1.54) is 35.0 Å². The Hall–Kier alpha value is -2.34. The minimum absolute atomic E-state index is 0.102. The van der Waals surface area contributed by atoms with Crippen molar-refractivity contribution in [3.8, 4) is 0 Å². The van der Waals surface area contributed by atoms with Crippen molar-refractivity contribution in [2.75, 3.05) is 12.3 Å². The number of nitrogens with zero attached hydrogens (tertiary/aromatic N) is 1. The Morgan fingerprint density at radius 3 is 2.53 bits per heavy atom. The van der Waals surface area contributed by atoms with E-state index in [1.54, 1.807) is 24.0 Å². The van der Waals surface area contributed by atoms with Crippen LogP contribution in [-0.4, -0.2) is 35.1 Å². The summed E-state index contributed by atoms with van der Waals surface area (Å²) in [6, 6.07) is 13.7. The first-order chi connectivity index (χ1) is 14.4. The van der Waals surface area contributed by atoms with E-state index in [2.05, 4.69) is 18.3 Å². The Kier molecular flexibility index (Phi) is 9.87. The highest BCUT2D eigenvalue weighted by Gasteiger charge is 2.25. The summed E-state index contributed by atoms with van der Waals surface area (Å²) in [6.45, 7) is 6.72. The third-order valence-corrected chi connectivity index (χ3v) is 5.83. The molecule has 0 spiro atoms. The Bertz CT molecular complexity index is 826. The lowest BCUT2D eigenvalue weighted by Crippen LogP contribution is -2.48. The van der Waals surface area contributed by atoms with Gasteiger partial charge in [-0.25, -0.2) is 4.39 Å². The zero-order chi connectivity index (χ0) is 21.9. The van der Waals surface area contributed by atoms with Crippen LogP contribution in [0.3, 0.4) is 0 Å². The number of halogens is 1. The second-order valence-electron chi connectivity index (χ2n) is 7.45. The van der Waals surface area contributed by atoms with Crippen LogP contribution in [-0.2, 0) is 21.9 Å². The summed E-state index contributed by atoms with van der Waals surface area (Å²) in [6.07, 6.45) is 1.89. The monoisotopic (exact) mass is 430 g/mol. The third-order valence-electron chi connectivity index (χ3n) is 4.84. The minimum Gasteiger partial charge on any atom is -0.354 e. The minimum atomic E-state index is -0.598. The van der Waals surface area contributed by atoms with Gasteiger partial charge in [0, 0.05) is 18.8 Å². The maximum Gasteiger partial charge on any atom is 0.242 e. The number of carbonyl (C=O) groups is 2. The van der Waals surface area contributed by atoms with E-state index >= 15 is 0 Å². The molecule has 0 saturated carbocycles. The molecule has 0 radical (unpaired) electrons. The molecular weight excluding hydrogens is 399 g/mol. The largest absolute Gasteiger partial charge is 0.354 e. The maximum atomic E-state index is 13.3. The van der Waals surface area contributed by atoms with Crippen LogP contribution in [0, 0.1) is 12.7 Å². The fourth-order valence-corrected chi connectivity index (χ4v) is 3.90. The lowest BCUT2D eigenvalue weighted by Gasteiger charge is -2.28. The summed E-state index contributed by atoms with van der Waals surface area (Å²) in [5.41, 5.74) is 3.15. The van der Waals surface area contributed by atoms with Gasteiger partial charge in [-0.05, 0) is 43.5 Å². The average molecular weight is 431 g/mol. The Morgan fingerprint density at radius 2 is 1.87 bits per heavy atom. The van der Waals surface area contributed by atoms with Gasteiger partial charge in [-0.2, -0.15) is 0 Å². The molecular formula is C24H31FN2O2S. The molecule has 0 saturated heterocycles. The van der Waals surface area contributed by atoms with E-state index in [0.717, 1.165) is 24.2 Å². The molecule has 0 bridgehead atoms. The molecule has 0 heterocycles. The van der Waals surface area contributed by atoms with E-state index in [9.17, 15) is 14.0 Å². The highest BCUT2D eigenvalue weighted by atomic mass is 32.2. The second kappa shape index (κ2) is 12.4. The Labute approximate surface area is 183 Å². The van der Waals surface area contributed by atoms with Crippen LogP contribution in [0.2, 0.25) is 0 Å². The number of hydrogen-bond acceptors (Lipinski definition) is 3. The summed E-state index contributed by atoms with van der Waals surface area (Å²) < 4.78 is 13.3. The number of aryl methyl sites for hydroxylation is 1. The molecule has 0 aromatic heterocycles. The van der Waals surface area contributed by atoms with Crippen LogP contribution in [0.5, 0.6) is 0 Å². The maximum absolute atomic E-state index is 13.3. The van der Waals surface area contributed by atoms with Crippen molar-refractivity contribution in [2.24, 2.45) is 0 Å². The molecule has 4 nitrogen and oxygen atoms in total. The number of benzene rings is 2. The predicted octanol–water partition coefficient (Wildman–Crippen LogP) is 4.70. The van der Waals surface area contributed by atoms with Crippen LogP contribution in [0.1, 0.15) is 43.4 Å². The van der Waals surface area contributed by atoms with Crippen molar-refractivity contribution in [2.45, 2.75) is 52.0 Å². The average Bonchev–Trinajstić information content (AvgIpc) is 2.73. The molecule has 1 unspecified atom stereocenters. The molecule has 0 aliphatic heterocycles. The van der Waals surface area contributed by atoms with E-state index in [1.807, 2.05) is 25.1 Å². The first-order valence-electron chi connectivity index (χ1n) is 10.4. The predicted molar refractivity (Wildman–Crippen MR) is 122 cm³/mol. The number of nitrogens with one attached hydrogen (secondary N) is 1. The summed E-state index contributed by atoms with van der Waals surface area (Å²) in [7, 11) is 0. The van der Waals surface area contributed by atoms with Crippen molar-refractivity contribution in [1.82, 2.24) is 10.2 Å². The molecule has 1 N–H and O–H groups in total. The standard InChI is InChI=1S/C24H31FN2O2S/c1-4-5-13-26-24(29)19(3)27(15-20-9-11-22(25)12-10-20)23(28)17-30-16-21-8-6-7-18(2)14-21/h6-12,14,19H,4-5,13,15-17H2,1-3H3,(H,26,29). The van der Waals surface area contributed by atoms with Crippen LogP contribution in [0.25, 0.3) is 0 Å². The van der Waals surface area contributed by atoms with Crippen LogP contribution in [0.4, 0.5) is 4.39 Å². The van der Waals surface area contributed by atoms with Gasteiger partial charge in [-0.3, -0.25) is 9.59 Å². The lowest BCUT2D eigenvalue weighted by molar-refractivity contribution is -0.138. The van der Waals surface area contributed by atoms with Crippen molar-refractivity contribution in [3.63, 3.8) is 0 Å². The molecule has 162 valence electrons. The summed E-state index contributed by atoms with van der Waals surface area (Å²) in [5, 5.41) is 2.90.